The lowest BCUT2D eigenvalue weighted by Crippen LogP contribution is -2.15. The molecule has 2 rings (SSSR count). The largest absolute Gasteiger partial charge is 0.372 e. The van der Waals surface area contributed by atoms with Crippen LogP contribution in [0.4, 0.5) is 15.9 Å². The van der Waals surface area contributed by atoms with Crippen molar-refractivity contribution in [2.75, 3.05) is 17.7 Å². The molecule has 19 heavy (non-hydrogen) atoms. The second kappa shape index (κ2) is 5.67. The number of nitrogens with one attached hydrogen (secondary N) is 2. The molecule has 1 aromatic carbocycles. The van der Waals surface area contributed by atoms with E-state index in [0.717, 1.165) is 0 Å². The number of pyridine rings is 1. The van der Waals surface area contributed by atoms with Gasteiger partial charge in [0.05, 0.1) is 16.3 Å². The van der Waals surface area contributed by atoms with Gasteiger partial charge in [-0.05, 0) is 24.3 Å². The summed E-state index contributed by atoms with van der Waals surface area (Å²) < 4.78 is 13.7. The molecule has 0 aliphatic rings. The molecular weight excluding hydrogens is 269 g/mol. The molecule has 1 aromatic heterocycles. The number of amides is 1. The number of benzene rings is 1. The van der Waals surface area contributed by atoms with Crippen molar-refractivity contribution in [1.82, 2.24) is 4.98 Å². The minimum atomic E-state index is -0.660. The Morgan fingerprint density at radius 2 is 2.11 bits per heavy atom. The third-order valence-electron chi connectivity index (χ3n) is 2.49. The van der Waals surface area contributed by atoms with E-state index < -0.39 is 11.7 Å². The molecule has 0 fully saturated rings. The predicted molar refractivity (Wildman–Crippen MR) is 73.1 cm³/mol. The zero-order valence-electron chi connectivity index (χ0n) is 10.1. The van der Waals surface area contributed by atoms with Crippen molar-refractivity contribution in [2.24, 2.45) is 0 Å². The second-order valence-electron chi connectivity index (χ2n) is 3.71. The first kappa shape index (κ1) is 13.3. The highest BCUT2D eigenvalue weighted by Crippen LogP contribution is 2.23. The zero-order chi connectivity index (χ0) is 13.8. The monoisotopic (exact) mass is 279 g/mol. The van der Waals surface area contributed by atoms with Gasteiger partial charge >= 0.3 is 0 Å². The molecule has 1 amide bonds. The van der Waals surface area contributed by atoms with Crippen LogP contribution < -0.4 is 10.6 Å². The van der Waals surface area contributed by atoms with E-state index in [1.807, 2.05) is 0 Å². The molecule has 98 valence electrons. The van der Waals surface area contributed by atoms with E-state index in [1.54, 1.807) is 31.4 Å². The average molecular weight is 280 g/mol. The van der Waals surface area contributed by atoms with Crippen LogP contribution in [0.3, 0.4) is 0 Å². The van der Waals surface area contributed by atoms with Crippen molar-refractivity contribution in [3.8, 4) is 0 Å². The average Bonchev–Trinajstić information content (AvgIpc) is 2.43. The smallest absolute Gasteiger partial charge is 0.259 e. The van der Waals surface area contributed by atoms with Crippen LogP contribution in [0.5, 0.6) is 0 Å². The maximum Gasteiger partial charge on any atom is 0.259 e. The first-order valence-corrected chi connectivity index (χ1v) is 5.89. The summed E-state index contributed by atoms with van der Waals surface area (Å²) in [5, 5.41) is 5.22. The van der Waals surface area contributed by atoms with E-state index in [4.69, 9.17) is 11.6 Å². The fourth-order valence-electron chi connectivity index (χ4n) is 1.58. The van der Waals surface area contributed by atoms with E-state index >= 15 is 0 Å². The summed E-state index contributed by atoms with van der Waals surface area (Å²) in [6.45, 7) is 0. The van der Waals surface area contributed by atoms with Gasteiger partial charge in [-0.25, -0.2) is 9.37 Å². The first-order valence-electron chi connectivity index (χ1n) is 5.51. The summed E-state index contributed by atoms with van der Waals surface area (Å²) in [6.07, 6.45) is 1.56. The van der Waals surface area contributed by atoms with Crippen LogP contribution >= 0.6 is 11.6 Å². The molecule has 2 N–H and O–H groups in total. The van der Waals surface area contributed by atoms with E-state index in [1.165, 1.54) is 12.1 Å². The van der Waals surface area contributed by atoms with Crippen LogP contribution in [0.25, 0.3) is 0 Å². The highest BCUT2D eigenvalue weighted by Gasteiger charge is 2.14. The lowest BCUT2D eigenvalue weighted by Gasteiger charge is -2.09. The maximum absolute atomic E-state index is 13.7. The summed E-state index contributed by atoms with van der Waals surface area (Å²) in [7, 11) is 1.65. The molecule has 0 radical (unpaired) electrons. The third-order valence-corrected chi connectivity index (χ3v) is 2.78. The van der Waals surface area contributed by atoms with Crippen LogP contribution in [0.1, 0.15) is 10.4 Å². The molecule has 2 aromatic rings. The van der Waals surface area contributed by atoms with Gasteiger partial charge in [-0.2, -0.15) is 0 Å². The molecule has 0 spiro atoms. The van der Waals surface area contributed by atoms with Gasteiger partial charge in [0.1, 0.15) is 5.82 Å². The summed E-state index contributed by atoms with van der Waals surface area (Å²) in [6, 6.07) is 7.63. The highest BCUT2D eigenvalue weighted by atomic mass is 35.5. The van der Waals surface area contributed by atoms with Crippen LogP contribution in [-0.4, -0.2) is 17.9 Å². The summed E-state index contributed by atoms with van der Waals surface area (Å²) in [5.41, 5.74) is 0.354. The molecule has 0 bridgehead atoms. The van der Waals surface area contributed by atoms with E-state index in [2.05, 4.69) is 15.6 Å². The number of nitrogens with zero attached hydrogens (tertiary/aromatic N) is 1. The molecule has 0 aliphatic carbocycles. The van der Waals surface area contributed by atoms with Crippen molar-refractivity contribution in [1.29, 1.82) is 0 Å². The van der Waals surface area contributed by atoms with Gasteiger partial charge in [0, 0.05) is 13.2 Å². The highest BCUT2D eigenvalue weighted by molar-refractivity contribution is 6.31. The van der Waals surface area contributed by atoms with E-state index in [9.17, 15) is 9.18 Å². The van der Waals surface area contributed by atoms with Gasteiger partial charge in [0.15, 0.2) is 5.82 Å². The molecule has 0 saturated heterocycles. The van der Waals surface area contributed by atoms with E-state index in [-0.39, 0.29) is 10.7 Å². The number of hydrogen-bond acceptors (Lipinski definition) is 3. The van der Waals surface area contributed by atoms with Crippen molar-refractivity contribution in [2.45, 2.75) is 0 Å². The molecule has 6 heteroatoms. The minimum Gasteiger partial charge on any atom is -0.372 e. The van der Waals surface area contributed by atoms with Crippen molar-refractivity contribution >= 4 is 29.0 Å². The molecular formula is C13H11ClFN3O. The lowest BCUT2D eigenvalue weighted by atomic mass is 10.2. The number of halogens is 2. The number of anilines is 2. The molecule has 0 aliphatic heterocycles. The van der Waals surface area contributed by atoms with Gasteiger partial charge in [0.25, 0.3) is 5.91 Å². The standard InChI is InChI=1S/C13H11ClFN3O/c1-16-12-8(4-3-7-17-12)13(19)18-10-6-2-5-9(14)11(10)15/h2-7H,1H3,(H,16,17)(H,18,19). The Morgan fingerprint density at radius 1 is 1.32 bits per heavy atom. The van der Waals surface area contributed by atoms with E-state index in [0.29, 0.717) is 11.4 Å². The number of hydrogen-bond donors (Lipinski definition) is 2. The van der Waals surface area contributed by atoms with Gasteiger partial charge in [-0.1, -0.05) is 17.7 Å². The van der Waals surface area contributed by atoms with Crippen molar-refractivity contribution in [3.05, 3.63) is 52.9 Å². The maximum atomic E-state index is 13.7. The van der Waals surface area contributed by atoms with Gasteiger partial charge in [-0.3, -0.25) is 4.79 Å². The minimum absolute atomic E-state index is 0.0309. The molecule has 1 heterocycles. The lowest BCUT2D eigenvalue weighted by molar-refractivity contribution is 0.102. The van der Waals surface area contributed by atoms with Crippen molar-refractivity contribution < 1.29 is 9.18 Å². The van der Waals surface area contributed by atoms with Crippen LogP contribution in [0, 0.1) is 5.82 Å². The summed E-state index contributed by atoms with van der Waals surface area (Å²) >= 11 is 5.65. The molecule has 4 nitrogen and oxygen atoms in total. The van der Waals surface area contributed by atoms with Crippen LogP contribution in [0.15, 0.2) is 36.5 Å². The quantitative estimate of drug-likeness (QED) is 0.907. The third kappa shape index (κ3) is 2.82. The predicted octanol–water partition coefficient (Wildman–Crippen LogP) is 3.17. The Balaban J connectivity index is 2.28. The summed E-state index contributed by atoms with van der Waals surface area (Å²) in [4.78, 5) is 16.1. The first-order chi connectivity index (χ1) is 9.13. The second-order valence-corrected chi connectivity index (χ2v) is 4.11. The van der Waals surface area contributed by atoms with Gasteiger partial charge in [-0.15, -0.1) is 0 Å². The number of rotatable bonds is 3. The van der Waals surface area contributed by atoms with Gasteiger partial charge in [0.2, 0.25) is 0 Å². The molecule has 0 atom stereocenters. The van der Waals surface area contributed by atoms with Crippen molar-refractivity contribution in [3.63, 3.8) is 0 Å². The SMILES string of the molecule is CNc1ncccc1C(=O)Nc1cccc(Cl)c1F. The fraction of sp³-hybridized carbons (Fsp3) is 0.0769. The molecule has 0 saturated carbocycles. The fourth-order valence-corrected chi connectivity index (χ4v) is 1.75. The Kier molecular flexibility index (Phi) is 3.97. The number of carbonyl (C=O) groups is 1. The molecule has 0 unspecified atom stereocenters. The zero-order valence-corrected chi connectivity index (χ0v) is 10.8. The summed E-state index contributed by atoms with van der Waals surface area (Å²) in [5.74, 6) is -0.700. The normalized spacial score (nSPS) is 10.1. The van der Waals surface area contributed by atoms with Crippen LogP contribution in [0.2, 0.25) is 5.02 Å². The Bertz CT molecular complexity index is 619. The Labute approximate surface area is 114 Å². The topological polar surface area (TPSA) is 54.0 Å². The van der Waals surface area contributed by atoms with Gasteiger partial charge < -0.3 is 10.6 Å². The number of carbonyl (C=O) groups excluding carboxylic acids is 1. The Morgan fingerprint density at radius 3 is 2.84 bits per heavy atom. The van der Waals surface area contributed by atoms with Crippen LogP contribution in [-0.2, 0) is 0 Å². The Hall–Kier alpha value is -2.14. The number of aromatic nitrogens is 1.